The van der Waals surface area contributed by atoms with Crippen LogP contribution in [0.1, 0.15) is 81.6 Å². The van der Waals surface area contributed by atoms with Crippen molar-refractivity contribution in [2.24, 2.45) is 28.6 Å². The number of carbonyl (C=O) groups is 3. The van der Waals surface area contributed by atoms with Gasteiger partial charge in [0, 0.05) is 23.8 Å². The van der Waals surface area contributed by atoms with Crippen molar-refractivity contribution in [1.82, 2.24) is 0 Å². The Bertz CT molecular complexity index is 961. The zero-order valence-electron chi connectivity index (χ0n) is 21.8. The second-order valence-corrected chi connectivity index (χ2v) is 11.5. The summed E-state index contributed by atoms with van der Waals surface area (Å²) in [6.07, 6.45) is 6.42. The molecule has 182 valence electrons. The lowest BCUT2D eigenvalue weighted by Gasteiger charge is -2.45. The SMILES string of the molecule is CC(=O)O[C@]1(C)C[C@@H](C)C23C=C(C)CC2CC(COC(=O)C(C)=C(C)C)=CC(C3=O)C1(C)C. The van der Waals surface area contributed by atoms with Crippen molar-refractivity contribution < 1.29 is 23.9 Å². The standard InChI is InChI=1S/C28H40O5/c1-16(2)19(5)25(31)32-15-21-11-22-10-17(3)13-28(22)18(4)14-27(9,33-20(6)29)26(7,8)23(12-21)24(28)30/h12-13,18,22-23H,10-11,14-15H2,1-9H3/t18-,22?,23?,27-,28?/m1/s1. The van der Waals surface area contributed by atoms with Crippen molar-refractivity contribution in [3.63, 3.8) is 0 Å². The van der Waals surface area contributed by atoms with Gasteiger partial charge in [0.15, 0.2) is 5.78 Å². The van der Waals surface area contributed by atoms with Gasteiger partial charge in [-0.05, 0) is 71.3 Å². The van der Waals surface area contributed by atoms with Gasteiger partial charge in [0.2, 0.25) is 0 Å². The van der Waals surface area contributed by atoms with Gasteiger partial charge in [0.05, 0.1) is 5.41 Å². The normalized spacial score (nSPS) is 34.8. The highest BCUT2D eigenvalue weighted by atomic mass is 16.6. The van der Waals surface area contributed by atoms with Crippen LogP contribution in [0.3, 0.4) is 0 Å². The third-order valence-electron chi connectivity index (χ3n) is 8.81. The highest BCUT2D eigenvalue weighted by Gasteiger charge is 2.64. The van der Waals surface area contributed by atoms with Crippen LogP contribution in [0.4, 0.5) is 0 Å². The molecular weight excluding hydrogens is 416 g/mol. The average Bonchev–Trinajstić information content (AvgIpc) is 2.96. The molecule has 5 atom stereocenters. The Morgan fingerprint density at radius 3 is 2.30 bits per heavy atom. The Morgan fingerprint density at radius 1 is 1.09 bits per heavy atom. The number of Topliss-reactive ketones (excluding diaryl/α,β-unsaturated/α-hetero) is 1. The molecule has 0 N–H and O–H groups in total. The van der Waals surface area contributed by atoms with Crippen molar-refractivity contribution in [3.8, 4) is 0 Å². The molecule has 2 bridgehead atoms. The molecule has 3 rings (SSSR count). The molecule has 0 amide bonds. The fourth-order valence-electron chi connectivity index (χ4n) is 6.36. The summed E-state index contributed by atoms with van der Waals surface area (Å²) in [5.41, 5.74) is 1.73. The van der Waals surface area contributed by atoms with E-state index in [1.165, 1.54) is 12.5 Å². The predicted molar refractivity (Wildman–Crippen MR) is 128 cm³/mol. The Labute approximate surface area is 198 Å². The number of hydrogen-bond acceptors (Lipinski definition) is 5. The summed E-state index contributed by atoms with van der Waals surface area (Å²) in [5, 5.41) is 0. The topological polar surface area (TPSA) is 69.7 Å². The quantitative estimate of drug-likeness (QED) is 0.306. The van der Waals surface area contributed by atoms with Crippen LogP contribution in [0, 0.1) is 28.6 Å². The molecule has 0 aromatic heterocycles. The maximum atomic E-state index is 14.3. The molecule has 0 aromatic rings. The molecule has 3 unspecified atom stereocenters. The fraction of sp³-hybridized carbons (Fsp3) is 0.679. The molecule has 0 aliphatic heterocycles. The van der Waals surface area contributed by atoms with Crippen LogP contribution in [0.15, 0.2) is 34.4 Å². The molecule has 3 aliphatic rings. The molecular formula is C28H40O5. The lowest BCUT2D eigenvalue weighted by atomic mass is 9.63. The average molecular weight is 457 g/mol. The maximum absolute atomic E-state index is 14.3. The van der Waals surface area contributed by atoms with Crippen LogP contribution in [-0.2, 0) is 23.9 Å². The smallest absolute Gasteiger partial charge is 0.333 e. The molecule has 0 radical (unpaired) electrons. The largest absolute Gasteiger partial charge is 0.459 e. The number of hydrogen-bond donors (Lipinski definition) is 0. The number of fused-ring (bicyclic) bond motifs is 1. The summed E-state index contributed by atoms with van der Waals surface area (Å²) in [6.45, 7) is 17.4. The Morgan fingerprint density at radius 2 is 1.73 bits per heavy atom. The van der Waals surface area contributed by atoms with E-state index in [0.29, 0.717) is 12.0 Å². The van der Waals surface area contributed by atoms with Crippen molar-refractivity contribution >= 4 is 17.7 Å². The van der Waals surface area contributed by atoms with E-state index in [4.69, 9.17) is 9.47 Å². The van der Waals surface area contributed by atoms with E-state index in [9.17, 15) is 14.4 Å². The summed E-state index contributed by atoms with van der Waals surface area (Å²) in [5.74, 6) is -0.752. The molecule has 1 fully saturated rings. The Hall–Kier alpha value is -2.17. The van der Waals surface area contributed by atoms with Crippen LogP contribution in [0.25, 0.3) is 0 Å². The number of carbonyl (C=O) groups excluding carboxylic acids is 3. The van der Waals surface area contributed by atoms with Crippen molar-refractivity contribution in [3.05, 3.63) is 34.4 Å². The highest BCUT2D eigenvalue weighted by molar-refractivity contribution is 5.93. The number of esters is 2. The third kappa shape index (κ3) is 4.13. The van der Waals surface area contributed by atoms with E-state index in [1.54, 1.807) is 6.92 Å². The first-order valence-corrected chi connectivity index (χ1v) is 12.1. The zero-order chi connectivity index (χ0) is 24.9. The van der Waals surface area contributed by atoms with Gasteiger partial charge >= 0.3 is 11.9 Å². The summed E-state index contributed by atoms with van der Waals surface area (Å²) >= 11 is 0. The molecule has 1 spiro atoms. The van der Waals surface area contributed by atoms with Gasteiger partial charge in [-0.15, -0.1) is 0 Å². The monoisotopic (exact) mass is 456 g/mol. The van der Waals surface area contributed by atoms with Crippen LogP contribution >= 0.6 is 0 Å². The minimum Gasteiger partial charge on any atom is -0.459 e. The third-order valence-corrected chi connectivity index (χ3v) is 8.81. The highest BCUT2D eigenvalue weighted by Crippen LogP contribution is 2.62. The van der Waals surface area contributed by atoms with Crippen LogP contribution < -0.4 is 0 Å². The van der Waals surface area contributed by atoms with Gasteiger partial charge in [0.1, 0.15) is 12.2 Å². The van der Waals surface area contributed by atoms with Gasteiger partial charge in [-0.2, -0.15) is 0 Å². The summed E-state index contributed by atoms with van der Waals surface area (Å²) < 4.78 is 11.7. The lowest BCUT2D eigenvalue weighted by molar-refractivity contribution is -0.175. The van der Waals surface area contributed by atoms with Gasteiger partial charge in [-0.3, -0.25) is 9.59 Å². The second kappa shape index (κ2) is 8.56. The second-order valence-electron chi connectivity index (χ2n) is 11.5. The van der Waals surface area contributed by atoms with Gasteiger partial charge in [0.25, 0.3) is 0 Å². The molecule has 1 saturated carbocycles. The Balaban J connectivity index is 2.10. The summed E-state index contributed by atoms with van der Waals surface area (Å²) in [4.78, 5) is 38.9. The lowest BCUT2D eigenvalue weighted by Crippen LogP contribution is -2.50. The first-order chi connectivity index (χ1) is 15.2. The van der Waals surface area contributed by atoms with E-state index in [1.807, 2.05) is 40.7 Å². The molecule has 5 nitrogen and oxygen atoms in total. The molecule has 5 heteroatoms. The van der Waals surface area contributed by atoms with Gasteiger partial charge in [-0.1, -0.05) is 44.1 Å². The molecule has 3 aliphatic carbocycles. The van der Waals surface area contributed by atoms with Crippen molar-refractivity contribution in [1.29, 1.82) is 0 Å². The number of allylic oxidation sites excluding steroid dienone is 4. The molecule has 33 heavy (non-hydrogen) atoms. The molecule has 0 heterocycles. The van der Waals surface area contributed by atoms with Gasteiger partial charge in [-0.25, -0.2) is 4.79 Å². The number of ether oxygens (including phenoxy) is 2. The van der Waals surface area contributed by atoms with Crippen LogP contribution in [0.5, 0.6) is 0 Å². The van der Waals surface area contributed by atoms with Crippen LogP contribution in [-0.4, -0.2) is 29.9 Å². The molecule has 0 saturated heterocycles. The fourth-order valence-corrected chi connectivity index (χ4v) is 6.36. The van der Waals surface area contributed by atoms with Crippen molar-refractivity contribution in [2.75, 3.05) is 6.61 Å². The molecule has 0 aromatic carbocycles. The maximum Gasteiger partial charge on any atom is 0.333 e. The first kappa shape index (κ1) is 25.5. The predicted octanol–water partition coefficient (Wildman–Crippen LogP) is 5.74. The zero-order valence-corrected chi connectivity index (χ0v) is 21.8. The minimum atomic E-state index is -0.800. The summed E-state index contributed by atoms with van der Waals surface area (Å²) in [6, 6.07) is 0. The first-order valence-electron chi connectivity index (χ1n) is 12.1. The van der Waals surface area contributed by atoms with E-state index in [-0.39, 0.29) is 36.2 Å². The Kier molecular flexibility index (Phi) is 6.60. The number of rotatable bonds is 4. The number of ketones is 1. The summed E-state index contributed by atoms with van der Waals surface area (Å²) in [7, 11) is 0. The van der Waals surface area contributed by atoms with E-state index in [2.05, 4.69) is 19.9 Å². The van der Waals surface area contributed by atoms with E-state index >= 15 is 0 Å². The van der Waals surface area contributed by atoms with Gasteiger partial charge < -0.3 is 9.47 Å². The van der Waals surface area contributed by atoms with Crippen LogP contribution in [0.2, 0.25) is 0 Å². The van der Waals surface area contributed by atoms with E-state index in [0.717, 1.165) is 24.0 Å². The minimum absolute atomic E-state index is 0.0179. The van der Waals surface area contributed by atoms with Crippen molar-refractivity contribution in [2.45, 2.75) is 87.2 Å². The van der Waals surface area contributed by atoms with E-state index < -0.39 is 22.3 Å².